The van der Waals surface area contributed by atoms with Gasteiger partial charge < -0.3 is 29.7 Å². The van der Waals surface area contributed by atoms with Crippen LogP contribution in [0.15, 0.2) is 24.3 Å². The van der Waals surface area contributed by atoms with Gasteiger partial charge in [0.15, 0.2) is 0 Å². The van der Waals surface area contributed by atoms with Crippen LogP contribution in [0.25, 0.3) is 10.8 Å². The molecule has 0 unspecified atom stereocenters. The van der Waals surface area contributed by atoms with Crippen LogP contribution in [0.1, 0.15) is 41.4 Å². The lowest BCUT2D eigenvalue weighted by Gasteiger charge is -2.23. The van der Waals surface area contributed by atoms with Gasteiger partial charge in [0.05, 0.1) is 31.6 Å². The Labute approximate surface area is 215 Å². The number of nitrogens with zero attached hydrogens (tertiary/aromatic N) is 4. The predicted octanol–water partition coefficient (Wildman–Crippen LogP) is 3.41. The standard InChI is InChI=1S/C24H25FN4O4.C3H7N/c1-3-16-17(25)6-5-14-11-15(30)12-19(20(14)16)29-13-18-21(23(29)31)22(27-24(26-18)32-2)28-7-4-9-33-10-8-28;1-2-4-3-1/h5-6,11-12,30H,3-4,7-10,13H2,1-2H3;4H,1-3H2. The van der Waals surface area contributed by atoms with E-state index in [2.05, 4.69) is 15.3 Å². The van der Waals surface area contributed by atoms with Gasteiger partial charge in [0.2, 0.25) is 0 Å². The number of amides is 1. The van der Waals surface area contributed by atoms with Crippen LogP contribution in [0.3, 0.4) is 0 Å². The molecule has 2 N–H and O–H groups in total. The molecular weight excluding hydrogens is 477 g/mol. The lowest BCUT2D eigenvalue weighted by Crippen LogP contribution is -2.30. The highest BCUT2D eigenvalue weighted by Crippen LogP contribution is 2.40. The van der Waals surface area contributed by atoms with Gasteiger partial charge in [-0.1, -0.05) is 13.0 Å². The molecule has 2 aromatic carbocycles. The Morgan fingerprint density at radius 3 is 2.65 bits per heavy atom. The first-order valence-electron chi connectivity index (χ1n) is 12.8. The highest BCUT2D eigenvalue weighted by atomic mass is 19.1. The summed E-state index contributed by atoms with van der Waals surface area (Å²) in [6.07, 6.45) is 2.65. The van der Waals surface area contributed by atoms with Gasteiger partial charge in [0.1, 0.15) is 22.9 Å². The van der Waals surface area contributed by atoms with Crippen molar-refractivity contribution in [2.75, 3.05) is 56.3 Å². The molecule has 0 atom stereocenters. The summed E-state index contributed by atoms with van der Waals surface area (Å²) in [6.45, 7) is 7.02. The second kappa shape index (κ2) is 10.9. The minimum absolute atomic E-state index is 0.00322. The van der Waals surface area contributed by atoms with Crippen LogP contribution in [-0.4, -0.2) is 67.5 Å². The van der Waals surface area contributed by atoms with E-state index < -0.39 is 0 Å². The van der Waals surface area contributed by atoms with Crippen LogP contribution in [-0.2, 0) is 17.7 Å². The lowest BCUT2D eigenvalue weighted by molar-refractivity contribution is 0.0997. The first kappa shape index (κ1) is 25.2. The molecular formula is C27H32FN5O4. The number of aryl methyl sites for hydroxylation is 1. The second-order valence-electron chi connectivity index (χ2n) is 9.25. The molecule has 1 amide bonds. The van der Waals surface area contributed by atoms with Crippen molar-refractivity contribution >= 4 is 28.2 Å². The van der Waals surface area contributed by atoms with Gasteiger partial charge in [0.25, 0.3) is 5.91 Å². The largest absolute Gasteiger partial charge is 0.508 e. The third-order valence-electron chi connectivity index (χ3n) is 6.90. The number of aromatic nitrogens is 2. The second-order valence-corrected chi connectivity index (χ2v) is 9.25. The van der Waals surface area contributed by atoms with E-state index in [4.69, 9.17) is 9.47 Å². The molecule has 3 aromatic rings. The Morgan fingerprint density at radius 2 is 1.95 bits per heavy atom. The summed E-state index contributed by atoms with van der Waals surface area (Å²) in [5.41, 5.74) is 1.90. The smallest absolute Gasteiger partial charge is 0.318 e. The highest BCUT2D eigenvalue weighted by Gasteiger charge is 2.37. The van der Waals surface area contributed by atoms with Crippen LogP contribution in [0, 0.1) is 5.82 Å². The van der Waals surface area contributed by atoms with Crippen molar-refractivity contribution in [3.05, 3.63) is 46.9 Å². The van der Waals surface area contributed by atoms with Crippen LogP contribution in [0.2, 0.25) is 0 Å². The molecule has 37 heavy (non-hydrogen) atoms. The zero-order valence-electron chi connectivity index (χ0n) is 21.2. The molecule has 0 bridgehead atoms. The Hall–Kier alpha value is -3.50. The van der Waals surface area contributed by atoms with E-state index in [9.17, 15) is 14.3 Å². The Kier molecular flexibility index (Phi) is 7.38. The topological polar surface area (TPSA) is 100 Å². The van der Waals surface area contributed by atoms with E-state index in [0.717, 1.165) is 6.42 Å². The van der Waals surface area contributed by atoms with Gasteiger partial charge >= 0.3 is 6.01 Å². The van der Waals surface area contributed by atoms with Crippen molar-refractivity contribution in [1.82, 2.24) is 15.3 Å². The first-order valence-corrected chi connectivity index (χ1v) is 12.8. The number of methoxy groups -OCH3 is 1. The normalized spacial score (nSPS) is 17.1. The fraction of sp³-hybridized carbons (Fsp3) is 0.444. The van der Waals surface area contributed by atoms with Gasteiger partial charge in [-0.2, -0.15) is 9.97 Å². The van der Waals surface area contributed by atoms with Gasteiger partial charge in [-0.05, 0) is 55.4 Å². The molecule has 9 nitrogen and oxygen atoms in total. The number of benzene rings is 2. The van der Waals surface area contributed by atoms with Gasteiger partial charge in [-0.3, -0.25) is 4.79 Å². The maximum Gasteiger partial charge on any atom is 0.318 e. The van der Waals surface area contributed by atoms with Gasteiger partial charge in [-0.25, -0.2) is 4.39 Å². The number of carbonyl (C=O) groups is 1. The average molecular weight is 510 g/mol. The maximum absolute atomic E-state index is 14.7. The first-order chi connectivity index (χ1) is 18.0. The van der Waals surface area contributed by atoms with E-state index in [1.807, 2.05) is 11.8 Å². The third-order valence-corrected chi connectivity index (χ3v) is 6.90. The van der Waals surface area contributed by atoms with E-state index in [-0.39, 0.29) is 30.0 Å². The Bertz CT molecular complexity index is 1300. The van der Waals surface area contributed by atoms with Crippen molar-refractivity contribution in [2.45, 2.75) is 32.7 Å². The number of hydrogen-bond donors (Lipinski definition) is 2. The summed E-state index contributed by atoms with van der Waals surface area (Å²) < 4.78 is 25.6. The molecule has 0 aliphatic carbocycles. The molecule has 0 radical (unpaired) electrons. The fourth-order valence-electron chi connectivity index (χ4n) is 4.85. The van der Waals surface area contributed by atoms with Crippen LogP contribution in [0.4, 0.5) is 15.9 Å². The SMILES string of the molecule is C1CNC1.CCc1c(F)ccc2cc(O)cc(N3Cc4nc(OC)nc(N5CCCOCC5)c4C3=O)c12. The van der Waals surface area contributed by atoms with Crippen molar-refractivity contribution in [2.24, 2.45) is 0 Å². The summed E-state index contributed by atoms with van der Waals surface area (Å²) in [4.78, 5) is 26.3. The monoisotopic (exact) mass is 509 g/mol. The minimum Gasteiger partial charge on any atom is -0.508 e. The number of hydrogen-bond acceptors (Lipinski definition) is 8. The van der Waals surface area contributed by atoms with Crippen LogP contribution < -0.4 is 19.9 Å². The summed E-state index contributed by atoms with van der Waals surface area (Å²) in [6, 6.07) is 6.28. The van der Waals surface area contributed by atoms with Crippen LogP contribution >= 0.6 is 0 Å². The summed E-state index contributed by atoms with van der Waals surface area (Å²) in [7, 11) is 1.49. The number of ether oxygens (including phenoxy) is 2. The van der Waals surface area contributed by atoms with E-state index in [0.29, 0.717) is 71.8 Å². The van der Waals surface area contributed by atoms with Gasteiger partial charge in [0, 0.05) is 31.1 Å². The van der Waals surface area contributed by atoms with Crippen molar-refractivity contribution in [1.29, 1.82) is 0 Å². The predicted molar refractivity (Wildman–Crippen MR) is 139 cm³/mol. The Balaban J connectivity index is 0.000000640. The summed E-state index contributed by atoms with van der Waals surface area (Å²) in [5.74, 6) is -0.108. The molecule has 3 aliphatic heterocycles. The van der Waals surface area contributed by atoms with Crippen LogP contribution in [0.5, 0.6) is 11.8 Å². The van der Waals surface area contributed by atoms with Crippen molar-refractivity contribution in [3.63, 3.8) is 0 Å². The van der Waals surface area contributed by atoms with E-state index >= 15 is 0 Å². The number of halogens is 1. The van der Waals surface area contributed by atoms with Gasteiger partial charge in [-0.15, -0.1) is 0 Å². The number of phenols is 1. The molecule has 6 rings (SSSR count). The quantitative estimate of drug-likeness (QED) is 0.552. The number of phenolic OH excluding ortho intramolecular Hbond substituents is 1. The highest BCUT2D eigenvalue weighted by molar-refractivity contribution is 6.16. The minimum atomic E-state index is -0.340. The molecule has 0 spiro atoms. The molecule has 2 saturated heterocycles. The molecule has 3 aliphatic rings. The lowest BCUT2D eigenvalue weighted by atomic mass is 9.99. The number of rotatable bonds is 4. The van der Waals surface area contributed by atoms with E-state index in [1.165, 1.54) is 43.7 Å². The molecule has 2 fully saturated rings. The summed E-state index contributed by atoms with van der Waals surface area (Å²) >= 11 is 0. The molecule has 10 heteroatoms. The number of carbonyl (C=O) groups excluding carboxylic acids is 1. The average Bonchev–Trinajstić information content (AvgIpc) is 3.01. The van der Waals surface area contributed by atoms with Crippen molar-refractivity contribution < 1.29 is 23.8 Å². The third kappa shape index (κ3) is 4.91. The molecule has 4 heterocycles. The number of anilines is 2. The molecule has 0 saturated carbocycles. The Morgan fingerprint density at radius 1 is 1.16 bits per heavy atom. The molecule has 196 valence electrons. The maximum atomic E-state index is 14.7. The number of nitrogens with one attached hydrogen (secondary N) is 1. The fourth-order valence-corrected chi connectivity index (χ4v) is 4.85. The zero-order valence-corrected chi connectivity index (χ0v) is 21.2. The van der Waals surface area contributed by atoms with Crippen molar-refractivity contribution in [3.8, 4) is 11.8 Å². The zero-order chi connectivity index (χ0) is 25.9. The molecule has 1 aromatic heterocycles. The number of aromatic hydroxyl groups is 1. The summed E-state index contributed by atoms with van der Waals surface area (Å²) in [5, 5.41) is 14.8. The number of fused-ring (bicyclic) bond motifs is 2. The van der Waals surface area contributed by atoms with E-state index in [1.54, 1.807) is 12.1 Å².